The lowest BCUT2D eigenvalue weighted by atomic mass is 10.1. The minimum Gasteiger partial charge on any atom is -0.388 e. The van der Waals surface area contributed by atoms with Crippen LogP contribution in [0.1, 0.15) is 40.0 Å². The van der Waals surface area contributed by atoms with Gasteiger partial charge in [0.25, 0.3) is 0 Å². The van der Waals surface area contributed by atoms with Crippen LogP contribution in [0, 0.1) is 5.92 Å². The summed E-state index contributed by atoms with van der Waals surface area (Å²) < 4.78 is 13.1. The summed E-state index contributed by atoms with van der Waals surface area (Å²) in [4.78, 5) is 0. The van der Waals surface area contributed by atoms with Crippen LogP contribution in [-0.4, -0.2) is 21.8 Å². The molecule has 0 aromatic heterocycles. The molecule has 2 rings (SSSR count). The highest BCUT2D eigenvalue weighted by Gasteiger charge is 2.42. The summed E-state index contributed by atoms with van der Waals surface area (Å²) in [6, 6.07) is 21.0. The molecular formula is C21H30O2Si. The SMILES string of the molecule is CCCO[Si](OCCC(C)CC)(c1ccccc1)c1ccccc1. The van der Waals surface area contributed by atoms with E-state index < -0.39 is 8.56 Å². The summed E-state index contributed by atoms with van der Waals surface area (Å²) in [5.74, 6) is 0.675. The van der Waals surface area contributed by atoms with Crippen LogP contribution in [0.25, 0.3) is 0 Å². The minimum atomic E-state index is -2.65. The topological polar surface area (TPSA) is 18.5 Å². The molecule has 0 spiro atoms. The first kappa shape index (κ1) is 18.9. The van der Waals surface area contributed by atoms with Crippen molar-refractivity contribution in [1.29, 1.82) is 0 Å². The second kappa shape index (κ2) is 9.77. The van der Waals surface area contributed by atoms with E-state index in [1.54, 1.807) is 0 Å². The van der Waals surface area contributed by atoms with Gasteiger partial charge in [-0.1, -0.05) is 87.9 Å². The molecule has 0 saturated carbocycles. The average Bonchev–Trinajstić information content (AvgIpc) is 2.66. The Kier molecular flexibility index (Phi) is 7.70. The van der Waals surface area contributed by atoms with Crippen molar-refractivity contribution in [3.8, 4) is 0 Å². The molecule has 0 amide bonds. The summed E-state index contributed by atoms with van der Waals surface area (Å²) in [6.07, 6.45) is 3.24. The number of benzene rings is 2. The van der Waals surface area contributed by atoms with Crippen LogP contribution in [-0.2, 0) is 8.85 Å². The summed E-state index contributed by atoms with van der Waals surface area (Å²) in [5, 5.41) is 2.38. The van der Waals surface area contributed by atoms with E-state index in [0.29, 0.717) is 5.92 Å². The van der Waals surface area contributed by atoms with Gasteiger partial charge in [-0.05, 0) is 29.1 Å². The van der Waals surface area contributed by atoms with Gasteiger partial charge >= 0.3 is 8.56 Å². The van der Waals surface area contributed by atoms with Gasteiger partial charge in [-0.2, -0.15) is 0 Å². The van der Waals surface area contributed by atoms with Crippen LogP contribution in [0.15, 0.2) is 60.7 Å². The zero-order valence-electron chi connectivity index (χ0n) is 15.2. The van der Waals surface area contributed by atoms with Crippen LogP contribution in [0.4, 0.5) is 0 Å². The third-order valence-corrected chi connectivity index (χ3v) is 7.84. The van der Waals surface area contributed by atoms with Gasteiger partial charge in [-0.15, -0.1) is 0 Å². The Labute approximate surface area is 148 Å². The van der Waals surface area contributed by atoms with Crippen molar-refractivity contribution in [3.63, 3.8) is 0 Å². The van der Waals surface area contributed by atoms with Gasteiger partial charge in [0.15, 0.2) is 0 Å². The molecular weight excluding hydrogens is 312 g/mol. The average molecular weight is 343 g/mol. The Morgan fingerprint density at radius 2 is 1.29 bits per heavy atom. The lowest BCUT2D eigenvalue weighted by Crippen LogP contribution is -2.63. The largest absolute Gasteiger partial charge is 0.407 e. The zero-order valence-corrected chi connectivity index (χ0v) is 16.2. The third kappa shape index (κ3) is 4.79. The monoisotopic (exact) mass is 342 g/mol. The molecule has 0 aliphatic carbocycles. The molecule has 0 aliphatic heterocycles. The molecule has 24 heavy (non-hydrogen) atoms. The molecule has 0 bridgehead atoms. The Morgan fingerprint density at radius 3 is 1.75 bits per heavy atom. The van der Waals surface area contributed by atoms with E-state index in [9.17, 15) is 0 Å². The molecule has 2 nitrogen and oxygen atoms in total. The lowest BCUT2D eigenvalue weighted by molar-refractivity contribution is 0.181. The maximum Gasteiger partial charge on any atom is 0.407 e. The van der Waals surface area contributed by atoms with Crippen molar-refractivity contribution in [3.05, 3.63) is 60.7 Å². The van der Waals surface area contributed by atoms with E-state index in [4.69, 9.17) is 8.85 Å². The Morgan fingerprint density at radius 1 is 0.792 bits per heavy atom. The lowest BCUT2D eigenvalue weighted by Gasteiger charge is -2.32. The van der Waals surface area contributed by atoms with Crippen molar-refractivity contribution in [2.75, 3.05) is 13.2 Å². The van der Waals surface area contributed by atoms with E-state index in [1.807, 2.05) is 12.1 Å². The van der Waals surface area contributed by atoms with Crippen LogP contribution in [0.3, 0.4) is 0 Å². The Balaban J connectivity index is 2.36. The normalized spacial score (nSPS) is 13.0. The van der Waals surface area contributed by atoms with Crippen LogP contribution >= 0.6 is 0 Å². The van der Waals surface area contributed by atoms with Crippen molar-refractivity contribution in [2.24, 2.45) is 5.92 Å². The van der Waals surface area contributed by atoms with Crippen LogP contribution in [0.2, 0.25) is 0 Å². The molecule has 0 heterocycles. The van der Waals surface area contributed by atoms with Gasteiger partial charge in [-0.3, -0.25) is 0 Å². The fraction of sp³-hybridized carbons (Fsp3) is 0.429. The fourth-order valence-electron chi connectivity index (χ4n) is 2.71. The van der Waals surface area contributed by atoms with Gasteiger partial charge in [0, 0.05) is 13.2 Å². The maximum absolute atomic E-state index is 6.59. The molecule has 1 unspecified atom stereocenters. The van der Waals surface area contributed by atoms with E-state index in [2.05, 4.69) is 69.3 Å². The molecule has 2 aromatic rings. The van der Waals surface area contributed by atoms with Crippen molar-refractivity contribution in [1.82, 2.24) is 0 Å². The molecule has 130 valence electrons. The zero-order chi connectivity index (χ0) is 17.3. The second-order valence-electron chi connectivity index (χ2n) is 6.35. The van der Waals surface area contributed by atoms with Gasteiger partial charge in [0.05, 0.1) is 0 Å². The predicted octanol–water partition coefficient (Wildman–Crippen LogP) is 4.12. The van der Waals surface area contributed by atoms with E-state index in [-0.39, 0.29) is 0 Å². The number of rotatable bonds is 10. The highest BCUT2D eigenvalue weighted by molar-refractivity contribution is 6.92. The summed E-state index contributed by atoms with van der Waals surface area (Å²) >= 11 is 0. The van der Waals surface area contributed by atoms with Crippen LogP contribution < -0.4 is 10.4 Å². The minimum absolute atomic E-state index is 0.675. The van der Waals surface area contributed by atoms with Gasteiger partial charge in [0.1, 0.15) is 0 Å². The highest BCUT2D eigenvalue weighted by Crippen LogP contribution is 2.14. The second-order valence-corrected chi connectivity index (χ2v) is 9.31. The van der Waals surface area contributed by atoms with Crippen molar-refractivity contribution in [2.45, 2.75) is 40.0 Å². The maximum atomic E-state index is 6.59. The standard InChI is InChI=1S/C21H30O2Si/c1-4-17-22-24(20-12-8-6-9-13-20,21-14-10-7-11-15-21)23-18-16-19(3)5-2/h6-15,19H,4-5,16-18H2,1-3H3. The van der Waals surface area contributed by atoms with Crippen LogP contribution in [0.5, 0.6) is 0 Å². The first-order valence-corrected chi connectivity index (χ1v) is 10.9. The third-order valence-electron chi connectivity index (χ3n) is 4.43. The Bertz CT molecular complexity index is 531. The molecule has 0 radical (unpaired) electrons. The number of hydrogen-bond donors (Lipinski definition) is 0. The summed E-state index contributed by atoms with van der Waals surface area (Å²) in [7, 11) is -2.65. The molecule has 0 N–H and O–H groups in total. The first-order chi connectivity index (χ1) is 11.7. The van der Waals surface area contributed by atoms with Gasteiger partial charge < -0.3 is 8.85 Å². The predicted molar refractivity (Wildman–Crippen MR) is 104 cm³/mol. The van der Waals surface area contributed by atoms with Gasteiger partial charge in [0.2, 0.25) is 0 Å². The van der Waals surface area contributed by atoms with Crippen molar-refractivity contribution < 1.29 is 8.85 Å². The molecule has 0 aliphatic rings. The summed E-state index contributed by atoms with van der Waals surface area (Å²) in [5.41, 5.74) is 0. The quantitative estimate of drug-likeness (QED) is 0.605. The van der Waals surface area contributed by atoms with E-state index in [0.717, 1.165) is 26.1 Å². The van der Waals surface area contributed by atoms with Gasteiger partial charge in [-0.25, -0.2) is 0 Å². The van der Waals surface area contributed by atoms with E-state index in [1.165, 1.54) is 16.8 Å². The number of hydrogen-bond acceptors (Lipinski definition) is 2. The smallest absolute Gasteiger partial charge is 0.388 e. The molecule has 2 aromatic carbocycles. The molecule has 0 saturated heterocycles. The molecule has 3 heteroatoms. The Hall–Kier alpha value is -1.42. The highest BCUT2D eigenvalue weighted by atomic mass is 28.4. The summed E-state index contributed by atoms with van der Waals surface area (Å²) in [6.45, 7) is 8.13. The van der Waals surface area contributed by atoms with E-state index >= 15 is 0 Å². The van der Waals surface area contributed by atoms with Crippen molar-refractivity contribution >= 4 is 18.9 Å². The molecule has 0 fully saturated rings. The fourth-order valence-corrected chi connectivity index (χ4v) is 5.95. The first-order valence-electron chi connectivity index (χ1n) is 9.12. The molecule has 1 atom stereocenters.